The van der Waals surface area contributed by atoms with Crippen molar-refractivity contribution >= 4 is 17.6 Å². The zero-order valence-electron chi connectivity index (χ0n) is 11.4. The van der Waals surface area contributed by atoms with Gasteiger partial charge < -0.3 is 10.4 Å². The van der Waals surface area contributed by atoms with Crippen molar-refractivity contribution in [3.8, 4) is 0 Å². The first-order valence-electron chi connectivity index (χ1n) is 6.79. The number of benzene rings is 1. The lowest BCUT2D eigenvalue weighted by molar-refractivity contribution is -0.147. The zero-order chi connectivity index (χ0) is 14.7. The van der Waals surface area contributed by atoms with Gasteiger partial charge in [-0.05, 0) is 37.5 Å². The van der Waals surface area contributed by atoms with Gasteiger partial charge >= 0.3 is 5.97 Å². The molecule has 2 atom stereocenters. The summed E-state index contributed by atoms with van der Waals surface area (Å²) >= 11 is 0. The molecule has 1 amide bonds. The van der Waals surface area contributed by atoms with Crippen molar-refractivity contribution in [3.05, 3.63) is 29.6 Å². The minimum atomic E-state index is -0.930. The summed E-state index contributed by atoms with van der Waals surface area (Å²) in [6.07, 6.45) is 2.77. The predicted octanol–water partition coefficient (Wildman–Crippen LogP) is 2.96. The fourth-order valence-corrected chi connectivity index (χ4v) is 2.69. The van der Waals surface area contributed by atoms with Crippen molar-refractivity contribution in [3.63, 3.8) is 0 Å². The second-order valence-electron chi connectivity index (χ2n) is 5.28. The number of nitrogens with one attached hydrogen (secondary N) is 1. The van der Waals surface area contributed by atoms with Gasteiger partial charge in [0.15, 0.2) is 0 Å². The number of hydrogen-bond donors (Lipinski definition) is 2. The van der Waals surface area contributed by atoms with Crippen molar-refractivity contribution in [1.82, 2.24) is 0 Å². The van der Waals surface area contributed by atoms with E-state index in [9.17, 15) is 19.1 Å². The van der Waals surface area contributed by atoms with Crippen LogP contribution in [0.4, 0.5) is 10.1 Å². The van der Waals surface area contributed by atoms with Crippen LogP contribution in [0.25, 0.3) is 0 Å². The molecule has 0 radical (unpaired) electrons. The van der Waals surface area contributed by atoms with Gasteiger partial charge in [-0.25, -0.2) is 4.39 Å². The van der Waals surface area contributed by atoms with Gasteiger partial charge in [-0.1, -0.05) is 18.9 Å². The van der Waals surface area contributed by atoms with Crippen LogP contribution < -0.4 is 5.32 Å². The number of carboxylic acid groups (broad SMARTS) is 1. The predicted molar refractivity (Wildman–Crippen MR) is 72.9 cm³/mol. The molecule has 4 nitrogen and oxygen atoms in total. The fraction of sp³-hybridized carbons (Fsp3) is 0.467. The Balaban J connectivity index is 2.14. The molecule has 0 aromatic heterocycles. The van der Waals surface area contributed by atoms with Crippen LogP contribution in [0.3, 0.4) is 0 Å². The van der Waals surface area contributed by atoms with Gasteiger partial charge in [0.2, 0.25) is 5.91 Å². The molecule has 20 heavy (non-hydrogen) atoms. The Hall–Kier alpha value is -1.91. The molecule has 1 aliphatic carbocycles. The molecular weight excluding hydrogens is 261 g/mol. The van der Waals surface area contributed by atoms with Gasteiger partial charge in [-0.3, -0.25) is 9.59 Å². The van der Waals surface area contributed by atoms with E-state index in [2.05, 4.69) is 5.32 Å². The number of carbonyl (C=O) groups is 2. The standard InChI is InChI=1S/C15H18FNO3/c1-9-6-7-10(16)8-13(9)17-14(18)11-4-2-3-5-12(11)15(19)20/h6-8,11-12H,2-5H2,1H3,(H,17,18)(H,19,20)/t11-,12+/m0/s1. The molecule has 5 heteroatoms. The van der Waals surface area contributed by atoms with Gasteiger partial charge in [0, 0.05) is 5.69 Å². The molecule has 0 aliphatic heterocycles. The first-order chi connectivity index (χ1) is 9.49. The quantitative estimate of drug-likeness (QED) is 0.894. The smallest absolute Gasteiger partial charge is 0.307 e. The van der Waals surface area contributed by atoms with E-state index < -0.39 is 23.6 Å². The summed E-state index contributed by atoms with van der Waals surface area (Å²) in [5.74, 6) is -2.86. The summed E-state index contributed by atoms with van der Waals surface area (Å²) in [5, 5.41) is 11.8. The second kappa shape index (κ2) is 6.03. The lowest BCUT2D eigenvalue weighted by atomic mass is 9.78. The number of carbonyl (C=O) groups excluding carboxylic acids is 1. The summed E-state index contributed by atoms with van der Waals surface area (Å²) in [6.45, 7) is 1.77. The lowest BCUT2D eigenvalue weighted by Gasteiger charge is -2.27. The van der Waals surface area contributed by atoms with E-state index in [1.54, 1.807) is 13.0 Å². The first kappa shape index (κ1) is 14.5. The topological polar surface area (TPSA) is 66.4 Å². The van der Waals surface area contributed by atoms with E-state index in [1.165, 1.54) is 12.1 Å². The van der Waals surface area contributed by atoms with Gasteiger partial charge in [0.05, 0.1) is 11.8 Å². The maximum Gasteiger partial charge on any atom is 0.307 e. The molecule has 1 aromatic carbocycles. The van der Waals surface area contributed by atoms with Crippen molar-refractivity contribution < 1.29 is 19.1 Å². The third-order valence-electron chi connectivity index (χ3n) is 3.88. The number of hydrogen-bond acceptors (Lipinski definition) is 2. The molecule has 1 saturated carbocycles. The molecule has 0 heterocycles. The minimum Gasteiger partial charge on any atom is -0.481 e. The van der Waals surface area contributed by atoms with Crippen LogP contribution in [0.1, 0.15) is 31.2 Å². The Morgan fingerprint density at radius 1 is 1.25 bits per heavy atom. The number of rotatable bonds is 3. The maximum absolute atomic E-state index is 13.2. The summed E-state index contributed by atoms with van der Waals surface area (Å²) in [5.41, 5.74) is 1.16. The van der Waals surface area contributed by atoms with Crippen molar-refractivity contribution in [1.29, 1.82) is 0 Å². The van der Waals surface area contributed by atoms with Gasteiger partial charge in [-0.2, -0.15) is 0 Å². The monoisotopic (exact) mass is 279 g/mol. The lowest BCUT2D eigenvalue weighted by Crippen LogP contribution is -2.36. The molecule has 0 bridgehead atoms. The van der Waals surface area contributed by atoms with E-state index in [1.807, 2.05) is 0 Å². The van der Waals surface area contributed by atoms with Crippen LogP contribution in [-0.2, 0) is 9.59 Å². The summed E-state index contributed by atoms with van der Waals surface area (Å²) < 4.78 is 13.2. The second-order valence-corrected chi connectivity index (χ2v) is 5.28. The third-order valence-corrected chi connectivity index (χ3v) is 3.88. The molecule has 0 spiro atoms. The average molecular weight is 279 g/mol. The Labute approximate surface area is 117 Å². The van der Waals surface area contributed by atoms with Crippen LogP contribution in [0.5, 0.6) is 0 Å². The van der Waals surface area contributed by atoms with Gasteiger partial charge in [0.25, 0.3) is 0 Å². The average Bonchev–Trinajstić information content (AvgIpc) is 2.42. The van der Waals surface area contributed by atoms with Crippen LogP contribution in [0.15, 0.2) is 18.2 Å². The zero-order valence-corrected chi connectivity index (χ0v) is 11.4. The molecule has 1 aromatic rings. The SMILES string of the molecule is Cc1ccc(F)cc1NC(=O)[C@H]1CCCC[C@H]1C(=O)O. The van der Waals surface area contributed by atoms with Crippen LogP contribution in [0.2, 0.25) is 0 Å². The van der Waals surface area contributed by atoms with Crippen molar-refractivity contribution in [2.45, 2.75) is 32.6 Å². The molecule has 2 N–H and O–H groups in total. The number of aryl methyl sites for hydroxylation is 1. The Morgan fingerprint density at radius 2 is 1.90 bits per heavy atom. The number of carboxylic acids is 1. The van der Waals surface area contributed by atoms with E-state index in [-0.39, 0.29) is 5.91 Å². The third kappa shape index (κ3) is 3.15. The number of amides is 1. The van der Waals surface area contributed by atoms with E-state index in [0.29, 0.717) is 18.5 Å². The first-order valence-corrected chi connectivity index (χ1v) is 6.79. The number of halogens is 1. The van der Waals surface area contributed by atoms with Gasteiger partial charge in [0.1, 0.15) is 5.82 Å². The molecule has 0 unspecified atom stereocenters. The highest BCUT2D eigenvalue weighted by Gasteiger charge is 2.35. The summed E-state index contributed by atoms with van der Waals surface area (Å²) in [4.78, 5) is 23.5. The number of anilines is 1. The minimum absolute atomic E-state index is 0.328. The normalized spacial score (nSPS) is 22.3. The van der Waals surface area contributed by atoms with E-state index >= 15 is 0 Å². The van der Waals surface area contributed by atoms with Gasteiger partial charge in [-0.15, -0.1) is 0 Å². The Bertz CT molecular complexity index is 530. The summed E-state index contributed by atoms with van der Waals surface area (Å²) in [6, 6.07) is 4.16. The Kier molecular flexibility index (Phi) is 4.37. The molecule has 108 valence electrons. The van der Waals surface area contributed by atoms with Crippen molar-refractivity contribution in [2.24, 2.45) is 11.8 Å². The molecular formula is C15H18FNO3. The van der Waals surface area contributed by atoms with Crippen LogP contribution >= 0.6 is 0 Å². The highest BCUT2D eigenvalue weighted by atomic mass is 19.1. The number of aliphatic carboxylic acids is 1. The van der Waals surface area contributed by atoms with Crippen LogP contribution in [-0.4, -0.2) is 17.0 Å². The highest BCUT2D eigenvalue weighted by molar-refractivity contribution is 5.95. The van der Waals surface area contributed by atoms with Crippen molar-refractivity contribution in [2.75, 3.05) is 5.32 Å². The Morgan fingerprint density at radius 3 is 2.55 bits per heavy atom. The molecule has 0 saturated heterocycles. The summed E-state index contributed by atoms with van der Waals surface area (Å²) in [7, 11) is 0. The van der Waals surface area contributed by atoms with Crippen LogP contribution in [0, 0.1) is 24.6 Å². The van der Waals surface area contributed by atoms with E-state index in [0.717, 1.165) is 18.4 Å². The fourth-order valence-electron chi connectivity index (χ4n) is 2.69. The maximum atomic E-state index is 13.2. The molecule has 1 fully saturated rings. The largest absolute Gasteiger partial charge is 0.481 e. The molecule has 2 rings (SSSR count). The molecule has 1 aliphatic rings. The van der Waals surface area contributed by atoms with E-state index in [4.69, 9.17) is 0 Å². The highest BCUT2D eigenvalue weighted by Crippen LogP contribution is 2.31.